The minimum atomic E-state index is -5.02. The van der Waals surface area contributed by atoms with Crippen LogP contribution in [0.15, 0.2) is 36.4 Å². The molecule has 0 atom stereocenters. The first kappa shape index (κ1) is 25.8. The van der Waals surface area contributed by atoms with Crippen LogP contribution in [0.1, 0.15) is 52.7 Å². The molecule has 186 valence electrons. The third-order valence-electron chi connectivity index (χ3n) is 5.90. The summed E-state index contributed by atoms with van der Waals surface area (Å²) in [7, 11) is 0. The van der Waals surface area contributed by atoms with Gasteiger partial charge in [0, 0.05) is 30.3 Å². The molecule has 0 aromatic heterocycles. The maximum Gasteiger partial charge on any atom is 0.416 e. The molecule has 0 spiro atoms. The van der Waals surface area contributed by atoms with Crippen LogP contribution in [0.25, 0.3) is 0 Å². The Morgan fingerprint density at radius 2 is 1.53 bits per heavy atom. The lowest BCUT2D eigenvalue weighted by atomic mass is 9.86. The Hall–Kier alpha value is -2.82. The molecule has 1 aliphatic rings. The first-order chi connectivity index (χ1) is 15.8. The molecule has 0 unspecified atom stereocenters. The molecule has 3 rings (SSSR count). The van der Waals surface area contributed by atoms with Crippen LogP contribution in [0.3, 0.4) is 0 Å². The monoisotopic (exact) mass is 492 g/mol. The number of phenols is 1. The third-order valence-corrected chi connectivity index (χ3v) is 5.90. The Morgan fingerprint density at radius 1 is 0.941 bits per heavy atom. The van der Waals surface area contributed by atoms with Crippen molar-refractivity contribution in [2.45, 2.75) is 50.6 Å². The van der Waals surface area contributed by atoms with Gasteiger partial charge in [0.2, 0.25) is 0 Å². The van der Waals surface area contributed by atoms with Crippen molar-refractivity contribution in [1.82, 2.24) is 10.6 Å². The highest BCUT2D eigenvalue weighted by atomic mass is 19.4. The molecular formula is C23H23F7N2O2. The first-order valence-corrected chi connectivity index (χ1v) is 10.6. The highest BCUT2D eigenvalue weighted by Crippen LogP contribution is 2.36. The molecule has 0 aliphatic heterocycles. The number of amides is 1. The molecule has 1 amide bonds. The molecule has 11 heteroatoms. The van der Waals surface area contributed by atoms with E-state index in [9.17, 15) is 40.6 Å². The number of para-hydroxylation sites is 1. The Bertz CT molecular complexity index is 981. The molecule has 4 nitrogen and oxygen atoms in total. The summed E-state index contributed by atoms with van der Waals surface area (Å²) in [6, 6.07) is 5.14. The summed E-state index contributed by atoms with van der Waals surface area (Å²) in [5, 5.41) is 15.4. The van der Waals surface area contributed by atoms with E-state index in [0.717, 1.165) is 6.07 Å². The van der Waals surface area contributed by atoms with Gasteiger partial charge >= 0.3 is 12.4 Å². The van der Waals surface area contributed by atoms with Crippen molar-refractivity contribution in [3.63, 3.8) is 0 Å². The molecule has 0 heterocycles. The zero-order chi connectivity index (χ0) is 25.1. The number of phenolic OH excluding ortho intramolecular Hbond substituents is 1. The second kappa shape index (κ2) is 10.2. The predicted molar refractivity (Wildman–Crippen MR) is 109 cm³/mol. The van der Waals surface area contributed by atoms with E-state index in [4.69, 9.17) is 0 Å². The van der Waals surface area contributed by atoms with Crippen molar-refractivity contribution in [1.29, 1.82) is 0 Å². The minimum absolute atomic E-state index is 0.0115. The molecule has 0 saturated heterocycles. The second-order valence-electron chi connectivity index (χ2n) is 8.35. The summed E-state index contributed by atoms with van der Waals surface area (Å²) in [6.07, 6.45) is -7.29. The Balaban J connectivity index is 1.53. The van der Waals surface area contributed by atoms with Crippen LogP contribution in [0.2, 0.25) is 0 Å². The van der Waals surface area contributed by atoms with Crippen LogP contribution in [0, 0.1) is 11.7 Å². The van der Waals surface area contributed by atoms with Crippen molar-refractivity contribution in [3.8, 4) is 5.75 Å². The van der Waals surface area contributed by atoms with Crippen molar-refractivity contribution < 1.29 is 40.6 Å². The van der Waals surface area contributed by atoms with E-state index >= 15 is 0 Å². The topological polar surface area (TPSA) is 61.4 Å². The van der Waals surface area contributed by atoms with Crippen LogP contribution in [-0.4, -0.2) is 23.6 Å². The summed E-state index contributed by atoms with van der Waals surface area (Å²) in [6.45, 7) is 0.389. The number of benzene rings is 2. The SMILES string of the molecule is O=C(NC[C@H]1CC[C@@H](NCc2cccc(F)c2O)CC1)c1cc(C(F)(F)F)cc(C(F)(F)F)c1. The zero-order valence-corrected chi connectivity index (χ0v) is 17.9. The van der Waals surface area contributed by atoms with Gasteiger partial charge in [-0.2, -0.15) is 26.3 Å². The molecule has 34 heavy (non-hydrogen) atoms. The van der Waals surface area contributed by atoms with Gasteiger partial charge < -0.3 is 15.7 Å². The highest BCUT2D eigenvalue weighted by Gasteiger charge is 2.37. The molecule has 2 aromatic rings. The van der Waals surface area contributed by atoms with Crippen LogP contribution < -0.4 is 10.6 Å². The number of nitrogens with one attached hydrogen (secondary N) is 2. The van der Waals surface area contributed by atoms with E-state index in [-0.39, 0.29) is 31.1 Å². The van der Waals surface area contributed by atoms with E-state index in [0.29, 0.717) is 43.4 Å². The molecule has 1 aliphatic carbocycles. The summed E-state index contributed by atoms with van der Waals surface area (Å²) < 4.78 is 91.3. The fourth-order valence-corrected chi connectivity index (χ4v) is 3.95. The van der Waals surface area contributed by atoms with Crippen molar-refractivity contribution in [2.24, 2.45) is 5.92 Å². The number of carbonyl (C=O) groups is 1. The van der Waals surface area contributed by atoms with E-state index in [1.165, 1.54) is 6.07 Å². The number of carbonyl (C=O) groups excluding carboxylic acids is 1. The van der Waals surface area contributed by atoms with Gasteiger partial charge in [-0.05, 0) is 55.9 Å². The van der Waals surface area contributed by atoms with E-state index in [1.807, 2.05) is 0 Å². The van der Waals surface area contributed by atoms with Crippen molar-refractivity contribution in [2.75, 3.05) is 6.54 Å². The maximum absolute atomic E-state index is 13.4. The summed E-state index contributed by atoms with van der Waals surface area (Å²) >= 11 is 0. The minimum Gasteiger partial charge on any atom is -0.505 e. The summed E-state index contributed by atoms with van der Waals surface area (Å²) in [5.41, 5.74) is -3.35. The average molecular weight is 492 g/mol. The number of halogens is 7. The van der Waals surface area contributed by atoms with Gasteiger partial charge in [-0.25, -0.2) is 4.39 Å². The van der Waals surface area contributed by atoms with Crippen LogP contribution in [0.4, 0.5) is 30.7 Å². The molecular weight excluding hydrogens is 469 g/mol. The summed E-state index contributed by atoms with van der Waals surface area (Å²) in [5.74, 6) is -2.10. The number of alkyl halides is 6. The van der Waals surface area contributed by atoms with Gasteiger partial charge in [-0.3, -0.25) is 4.79 Å². The Kier molecular flexibility index (Phi) is 7.74. The van der Waals surface area contributed by atoms with Crippen LogP contribution in [-0.2, 0) is 18.9 Å². The molecule has 0 bridgehead atoms. The van der Waals surface area contributed by atoms with Gasteiger partial charge in [-0.15, -0.1) is 0 Å². The van der Waals surface area contributed by atoms with Crippen LogP contribution in [0.5, 0.6) is 5.75 Å². The third kappa shape index (κ3) is 6.62. The Morgan fingerprint density at radius 3 is 2.09 bits per heavy atom. The molecule has 3 N–H and O–H groups in total. The van der Waals surface area contributed by atoms with E-state index < -0.39 is 46.5 Å². The van der Waals surface area contributed by atoms with Gasteiger partial charge in [0.05, 0.1) is 11.1 Å². The molecule has 0 radical (unpaired) electrons. The van der Waals surface area contributed by atoms with Gasteiger partial charge in [-0.1, -0.05) is 12.1 Å². The lowest BCUT2D eigenvalue weighted by Crippen LogP contribution is -2.36. The average Bonchev–Trinajstić information content (AvgIpc) is 2.77. The Labute approximate surface area is 191 Å². The molecule has 2 aromatic carbocycles. The summed E-state index contributed by atoms with van der Waals surface area (Å²) in [4.78, 5) is 12.3. The number of hydrogen-bond acceptors (Lipinski definition) is 3. The zero-order valence-electron chi connectivity index (χ0n) is 17.9. The van der Waals surface area contributed by atoms with E-state index in [1.54, 1.807) is 6.07 Å². The highest BCUT2D eigenvalue weighted by molar-refractivity contribution is 5.94. The number of aromatic hydroxyl groups is 1. The van der Waals surface area contributed by atoms with Gasteiger partial charge in [0.25, 0.3) is 5.91 Å². The fraction of sp³-hybridized carbons (Fsp3) is 0.435. The van der Waals surface area contributed by atoms with Crippen molar-refractivity contribution in [3.05, 3.63) is 64.5 Å². The van der Waals surface area contributed by atoms with Crippen LogP contribution >= 0.6 is 0 Å². The standard InChI is InChI=1S/C23H23F7N2O2/c24-19-3-1-2-14(20(19)33)12-31-18-6-4-13(5-7-18)11-32-21(34)15-8-16(22(25,26)27)10-17(9-15)23(28,29)30/h1-3,8-10,13,18,31,33H,4-7,11-12H2,(H,32,34)/t13-,18+. The fourth-order valence-electron chi connectivity index (χ4n) is 3.95. The number of rotatable bonds is 6. The lowest BCUT2D eigenvalue weighted by molar-refractivity contribution is -0.143. The van der Waals surface area contributed by atoms with Gasteiger partial charge in [0.15, 0.2) is 11.6 Å². The molecule has 1 fully saturated rings. The maximum atomic E-state index is 13.4. The number of hydrogen-bond donors (Lipinski definition) is 3. The quantitative estimate of drug-likeness (QED) is 0.457. The first-order valence-electron chi connectivity index (χ1n) is 10.6. The van der Waals surface area contributed by atoms with E-state index in [2.05, 4.69) is 10.6 Å². The smallest absolute Gasteiger partial charge is 0.416 e. The largest absolute Gasteiger partial charge is 0.505 e. The van der Waals surface area contributed by atoms with Crippen molar-refractivity contribution >= 4 is 5.91 Å². The normalized spacial score (nSPS) is 19.1. The molecule has 1 saturated carbocycles. The van der Waals surface area contributed by atoms with Gasteiger partial charge in [0.1, 0.15) is 0 Å². The second-order valence-corrected chi connectivity index (χ2v) is 8.35. The predicted octanol–water partition coefficient (Wildman–Crippen LogP) is 5.65. The lowest BCUT2D eigenvalue weighted by Gasteiger charge is -2.29.